The standard InChI is InChI=1S/C16H15ClN6O3/c1-9-12(22-26-21-9)7-13(24)20-15-14(18-8-23(15)2)16(25)19-11-5-3-10(17)4-6-11/h3-6,8H,7H2,1-2H3,(H,19,25)(H,20,24). The zero-order valence-electron chi connectivity index (χ0n) is 14.0. The maximum atomic E-state index is 12.5. The highest BCUT2D eigenvalue weighted by atomic mass is 35.5. The molecule has 0 aliphatic rings. The van der Waals surface area contributed by atoms with Crippen LogP contribution in [0.4, 0.5) is 11.5 Å². The molecule has 134 valence electrons. The topological polar surface area (TPSA) is 115 Å². The first-order valence-corrected chi connectivity index (χ1v) is 7.98. The van der Waals surface area contributed by atoms with Crippen LogP contribution >= 0.6 is 11.6 Å². The molecule has 0 unspecified atom stereocenters. The first-order valence-electron chi connectivity index (χ1n) is 7.60. The van der Waals surface area contributed by atoms with Gasteiger partial charge >= 0.3 is 0 Å². The number of nitrogens with one attached hydrogen (secondary N) is 2. The molecule has 2 N–H and O–H groups in total. The van der Waals surface area contributed by atoms with E-state index in [1.165, 1.54) is 6.33 Å². The zero-order chi connectivity index (χ0) is 18.7. The molecular weight excluding hydrogens is 360 g/mol. The fourth-order valence-electron chi connectivity index (χ4n) is 2.21. The van der Waals surface area contributed by atoms with Crippen LogP contribution < -0.4 is 10.6 Å². The van der Waals surface area contributed by atoms with E-state index in [1.54, 1.807) is 42.8 Å². The number of hydrogen-bond acceptors (Lipinski definition) is 6. The number of aromatic nitrogens is 4. The minimum absolute atomic E-state index is 0.0290. The van der Waals surface area contributed by atoms with Gasteiger partial charge in [-0.15, -0.1) is 0 Å². The number of imidazole rings is 1. The number of halogens is 1. The Morgan fingerprint density at radius 1 is 1.19 bits per heavy atom. The highest BCUT2D eigenvalue weighted by molar-refractivity contribution is 6.30. The summed E-state index contributed by atoms with van der Waals surface area (Å²) in [5.74, 6) is -0.550. The van der Waals surface area contributed by atoms with Crippen LogP contribution in [0, 0.1) is 6.92 Å². The van der Waals surface area contributed by atoms with Gasteiger partial charge in [-0.2, -0.15) is 0 Å². The molecule has 0 saturated carbocycles. The summed E-state index contributed by atoms with van der Waals surface area (Å²) in [4.78, 5) is 28.8. The van der Waals surface area contributed by atoms with Gasteiger partial charge < -0.3 is 15.2 Å². The minimum Gasteiger partial charge on any atom is -0.321 e. The van der Waals surface area contributed by atoms with Crippen molar-refractivity contribution >= 4 is 34.9 Å². The normalized spacial score (nSPS) is 10.6. The maximum Gasteiger partial charge on any atom is 0.278 e. The summed E-state index contributed by atoms with van der Waals surface area (Å²) in [5.41, 5.74) is 1.61. The van der Waals surface area contributed by atoms with Gasteiger partial charge in [-0.25, -0.2) is 9.61 Å². The number of anilines is 2. The highest BCUT2D eigenvalue weighted by Gasteiger charge is 2.20. The van der Waals surface area contributed by atoms with Gasteiger partial charge in [-0.1, -0.05) is 21.9 Å². The number of hydrogen-bond donors (Lipinski definition) is 2. The summed E-state index contributed by atoms with van der Waals surface area (Å²) in [6, 6.07) is 6.66. The second kappa shape index (κ2) is 7.36. The van der Waals surface area contributed by atoms with Crippen LogP contribution in [-0.2, 0) is 18.3 Å². The monoisotopic (exact) mass is 374 g/mol. The summed E-state index contributed by atoms with van der Waals surface area (Å²) in [6.07, 6.45) is 1.41. The molecule has 0 aliphatic carbocycles. The average molecular weight is 375 g/mol. The molecular formula is C16H15ClN6O3. The molecule has 9 nitrogen and oxygen atoms in total. The summed E-state index contributed by atoms with van der Waals surface area (Å²) in [7, 11) is 1.67. The van der Waals surface area contributed by atoms with E-state index in [-0.39, 0.29) is 23.8 Å². The van der Waals surface area contributed by atoms with Gasteiger partial charge in [0.1, 0.15) is 17.2 Å². The van der Waals surface area contributed by atoms with Crippen LogP contribution in [0.1, 0.15) is 21.9 Å². The van der Waals surface area contributed by atoms with Crippen LogP contribution in [0.2, 0.25) is 5.02 Å². The van der Waals surface area contributed by atoms with Crippen LogP contribution in [0.5, 0.6) is 0 Å². The molecule has 0 radical (unpaired) electrons. The Bertz CT molecular complexity index is 947. The van der Waals surface area contributed by atoms with E-state index in [9.17, 15) is 9.59 Å². The van der Waals surface area contributed by atoms with Crippen molar-refractivity contribution in [3.8, 4) is 0 Å². The first kappa shape index (κ1) is 17.6. The molecule has 1 aromatic carbocycles. The van der Waals surface area contributed by atoms with Crippen molar-refractivity contribution in [2.45, 2.75) is 13.3 Å². The molecule has 2 aromatic heterocycles. The van der Waals surface area contributed by atoms with E-state index in [0.717, 1.165) is 0 Å². The van der Waals surface area contributed by atoms with E-state index in [1.807, 2.05) is 0 Å². The fourth-order valence-corrected chi connectivity index (χ4v) is 2.33. The molecule has 26 heavy (non-hydrogen) atoms. The summed E-state index contributed by atoms with van der Waals surface area (Å²) >= 11 is 5.83. The quantitative estimate of drug-likeness (QED) is 0.707. The maximum absolute atomic E-state index is 12.5. The molecule has 0 saturated heterocycles. The largest absolute Gasteiger partial charge is 0.321 e. The van der Waals surface area contributed by atoms with E-state index in [0.29, 0.717) is 22.1 Å². The van der Waals surface area contributed by atoms with E-state index >= 15 is 0 Å². The predicted octanol–water partition coefficient (Wildman–Crippen LogP) is 2.20. The Morgan fingerprint density at radius 3 is 2.58 bits per heavy atom. The van der Waals surface area contributed by atoms with Crippen molar-refractivity contribution in [1.29, 1.82) is 0 Å². The van der Waals surface area contributed by atoms with Crippen molar-refractivity contribution in [2.24, 2.45) is 7.05 Å². The number of carbonyl (C=O) groups excluding carboxylic acids is 2. The van der Waals surface area contributed by atoms with Crippen LogP contribution in [0.3, 0.4) is 0 Å². The van der Waals surface area contributed by atoms with Gasteiger partial charge in [0.25, 0.3) is 5.91 Å². The molecule has 2 amide bonds. The smallest absolute Gasteiger partial charge is 0.278 e. The Balaban J connectivity index is 1.73. The molecule has 0 aliphatic heterocycles. The summed E-state index contributed by atoms with van der Waals surface area (Å²) in [5, 5.41) is 13.2. The second-order valence-electron chi connectivity index (χ2n) is 5.53. The van der Waals surface area contributed by atoms with Gasteiger partial charge in [-0.3, -0.25) is 9.59 Å². The number of nitrogens with zero attached hydrogens (tertiary/aromatic N) is 4. The lowest BCUT2D eigenvalue weighted by Crippen LogP contribution is -2.21. The molecule has 3 aromatic rings. The number of amides is 2. The van der Waals surface area contributed by atoms with E-state index in [2.05, 4.69) is 30.6 Å². The Morgan fingerprint density at radius 2 is 1.92 bits per heavy atom. The average Bonchev–Trinajstić information content (AvgIpc) is 3.16. The van der Waals surface area contributed by atoms with Crippen molar-refractivity contribution < 1.29 is 14.2 Å². The lowest BCUT2D eigenvalue weighted by atomic mass is 10.2. The number of rotatable bonds is 5. The number of carbonyl (C=O) groups is 2. The van der Waals surface area contributed by atoms with Crippen molar-refractivity contribution in [1.82, 2.24) is 19.9 Å². The third-order valence-corrected chi connectivity index (χ3v) is 3.84. The number of benzene rings is 1. The molecule has 0 spiro atoms. The number of aryl methyl sites for hydroxylation is 2. The van der Waals surface area contributed by atoms with Gasteiger partial charge in [-0.05, 0) is 31.2 Å². The van der Waals surface area contributed by atoms with Crippen LogP contribution in [-0.4, -0.2) is 31.7 Å². The fraction of sp³-hybridized carbons (Fsp3) is 0.188. The summed E-state index contributed by atoms with van der Waals surface area (Å²) < 4.78 is 6.11. The predicted molar refractivity (Wildman–Crippen MR) is 94.0 cm³/mol. The molecule has 0 atom stereocenters. The summed E-state index contributed by atoms with van der Waals surface area (Å²) in [6.45, 7) is 1.69. The third kappa shape index (κ3) is 3.89. The highest BCUT2D eigenvalue weighted by Crippen LogP contribution is 2.18. The molecule has 0 fully saturated rings. The third-order valence-electron chi connectivity index (χ3n) is 3.59. The van der Waals surface area contributed by atoms with Gasteiger partial charge in [0.15, 0.2) is 5.69 Å². The van der Waals surface area contributed by atoms with Crippen molar-refractivity contribution in [3.63, 3.8) is 0 Å². The van der Waals surface area contributed by atoms with Crippen molar-refractivity contribution in [3.05, 3.63) is 52.7 Å². The van der Waals surface area contributed by atoms with E-state index < -0.39 is 5.91 Å². The van der Waals surface area contributed by atoms with Crippen molar-refractivity contribution in [2.75, 3.05) is 10.6 Å². The van der Waals surface area contributed by atoms with Crippen LogP contribution in [0.25, 0.3) is 0 Å². The SMILES string of the molecule is Cc1nonc1CC(=O)Nc1c(C(=O)Nc2ccc(Cl)cc2)ncn1C. The van der Waals surface area contributed by atoms with Gasteiger partial charge in [0, 0.05) is 17.8 Å². The first-order chi connectivity index (χ1) is 12.4. The van der Waals surface area contributed by atoms with Crippen LogP contribution in [0.15, 0.2) is 35.2 Å². The van der Waals surface area contributed by atoms with Gasteiger partial charge in [0.05, 0.1) is 12.7 Å². The lowest BCUT2D eigenvalue weighted by molar-refractivity contribution is -0.115. The Kier molecular flexibility index (Phi) is 4.99. The lowest BCUT2D eigenvalue weighted by Gasteiger charge is -2.08. The second-order valence-corrected chi connectivity index (χ2v) is 5.97. The zero-order valence-corrected chi connectivity index (χ0v) is 14.7. The Labute approximate surface area is 153 Å². The molecule has 2 heterocycles. The molecule has 10 heteroatoms. The molecule has 3 rings (SSSR count). The van der Waals surface area contributed by atoms with E-state index in [4.69, 9.17) is 11.6 Å². The Hall–Kier alpha value is -3.20. The molecule has 0 bridgehead atoms. The minimum atomic E-state index is -0.456. The van der Waals surface area contributed by atoms with Gasteiger partial charge in [0.2, 0.25) is 5.91 Å².